The molecule has 1 aromatic rings. The molecule has 21 heavy (non-hydrogen) atoms. The molecule has 5 nitrogen and oxygen atoms in total. The van der Waals surface area contributed by atoms with Crippen molar-refractivity contribution in [2.24, 2.45) is 0 Å². The summed E-state index contributed by atoms with van der Waals surface area (Å²) in [5, 5.41) is 0. The minimum Gasteiger partial charge on any atom is -0.488 e. The van der Waals surface area contributed by atoms with Gasteiger partial charge in [-0.25, -0.2) is 4.72 Å². The maximum absolute atomic E-state index is 12.1. The normalized spacial score (nSPS) is 12.9. The molecule has 0 saturated heterocycles. The van der Waals surface area contributed by atoms with Gasteiger partial charge in [0.1, 0.15) is 11.4 Å². The highest BCUT2D eigenvalue weighted by atomic mass is 32.2. The molecule has 0 bridgehead atoms. The quantitative estimate of drug-likeness (QED) is 0.926. The molecule has 0 aliphatic heterocycles. The molecule has 9 heteroatoms. The molecule has 0 aromatic heterocycles. The highest BCUT2D eigenvalue weighted by Gasteiger charge is 2.47. The van der Waals surface area contributed by atoms with E-state index in [2.05, 4.69) is 0 Å². The van der Waals surface area contributed by atoms with Gasteiger partial charge >= 0.3 is 15.5 Å². The van der Waals surface area contributed by atoms with Crippen LogP contribution >= 0.6 is 0 Å². The molecule has 0 unspecified atom stereocenters. The van der Waals surface area contributed by atoms with E-state index in [4.69, 9.17) is 4.74 Å². The molecule has 0 saturated carbocycles. The third-order valence-electron chi connectivity index (χ3n) is 2.07. The highest BCUT2D eigenvalue weighted by Crippen LogP contribution is 2.22. The molecule has 1 rings (SSSR count). The van der Waals surface area contributed by atoms with Crippen LogP contribution in [-0.4, -0.2) is 25.4 Å². The molecular formula is C12H14F3NO4S. The number of amides is 1. The number of carbonyl (C=O) groups is 1. The van der Waals surface area contributed by atoms with Crippen molar-refractivity contribution in [3.8, 4) is 5.75 Å². The Labute approximate surface area is 120 Å². The van der Waals surface area contributed by atoms with Gasteiger partial charge in [-0.2, -0.15) is 21.6 Å². The second kappa shape index (κ2) is 5.55. The first kappa shape index (κ1) is 17.3. The summed E-state index contributed by atoms with van der Waals surface area (Å²) in [6, 6.07) is 5.06. The summed E-state index contributed by atoms with van der Waals surface area (Å²) in [6.45, 7) is 5.39. The predicted octanol–water partition coefficient (Wildman–Crippen LogP) is 2.44. The van der Waals surface area contributed by atoms with E-state index in [9.17, 15) is 26.4 Å². The van der Waals surface area contributed by atoms with E-state index in [1.54, 1.807) is 20.8 Å². The van der Waals surface area contributed by atoms with E-state index >= 15 is 0 Å². The zero-order valence-electron chi connectivity index (χ0n) is 11.5. The predicted molar refractivity (Wildman–Crippen MR) is 69.3 cm³/mol. The third-order valence-corrected chi connectivity index (χ3v) is 3.14. The van der Waals surface area contributed by atoms with Crippen molar-refractivity contribution in [2.75, 3.05) is 0 Å². The van der Waals surface area contributed by atoms with Crippen LogP contribution in [0, 0.1) is 0 Å². The standard InChI is InChI=1S/C12H14F3NO4S/c1-11(2,3)20-9-6-4-8(5-7-9)10(17)16-21(18,19)12(13,14)15/h4-7H,1-3H3,(H,16,17). The molecule has 0 atom stereocenters. The summed E-state index contributed by atoms with van der Waals surface area (Å²) in [7, 11) is -5.71. The van der Waals surface area contributed by atoms with Crippen molar-refractivity contribution < 1.29 is 31.1 Å². The van der Waals surface area contributed by atoms with Crippen LogP contribution in [0.1, 0.15) is 31.1 Å². The fourth-order valence-electron chi connectivity index (χ4n) is 1.27. The monoisotopic (exact) mass is 325 g/mol. The lowest BCUT2D eigenvalue weighted by Crippen LogP contribution is -2.40. The van der Waals surface area contributed by atoms with Gasteiger partial charge in [-0.05, 0) is 45.0 Å². The summed E-state index contributed by atoms with van der Waals surface area (Å²) < 4.78 is 64.4. The fourth-order valence-corrected chi connectivity index (χ4v) is 1.74. The van der Waals surface area contributed by atoms with Crippen LogP contribution in [0.4, 0.5) is 13.2 Å². The Morgan fingerprint density at radius 3 is 1.95 bits per heavy atom. The smallest absolute Gasteiger partial charge is 0.488 e. The van der Waals surface area contributed by atoms with Crippen LogP contribution in [0.25, 0.3) is 0 Å². The first-order chi connectivity index (χ1) is 9.32. The van der Waals surface area contributed by atoms with Gasteiger partial charge in [-0.1, -0.05) is 0 Å². The van der Waals surface area contributed by atoms with Crippen LogP contribution < -0.4 is 9.46 Å². The van der Waals surface area contributed by atoms with E-state index in [0.717, 1.165) is 4.72 Å². The number of nitrogens with one attached hydrogen (secondary N) is 1. The van der Waals surface area contributed by atoms with Gasteiger partial charge < -0.3 is 4.74 Å². The maximum atomic E-state index is 12.1. The average molecular weight is 325 g/mol. The molecule has 0 spiro atoms. The van der Waals surface area contributed by atoms with Crippen molar-refractivity contribution in [2.45, 2.75) is 31.9 Å². The number of halogens is 3. The van der Waals surface area contributed by atoms with Crippen LogP contribution in [0.2, 0.25) is 0 Å². The van der Waals surface area contributed by atoms with Crippen molar-refractivity contribution in [3.63, 3.8) is 0 Å². The fraction of sp³-hybridized carbons (Fsp3) is 0.417. The lowest BCUT2D eigenvalue weighted by molar-refractivity contribution is -0.0446. The first-order valence-corrected chi connectivity index (χ1v) is 7.23. The van der Waals surface area contributed by atoms with Crippen LogP contribution in [0.5, 0.6) is 5.75 Å². The largest absolute Gasteiger partial charge is 0.516 e. The number of benzene rings is 1. The summed E-state index contributed by atoms with van der Waals surface area (Å²) in [5.41, 5.74) is -6.26. The Kier molecular flexibility index (Phi) is 4.57. The lowest BCUT2D eigenvalue weighted by Gasteiger charge is -2.21. The average Bonchev–Trinajstić information content (AvgIpc) is 2.25. The van der Waals surface area contributed by atoms with Crippen LogP contribution in [-0.2, 0) is 10.0 Å². The molecule has 0 heterocycles. The number of rotatable bonds is 3. The SMILES string of the molecule is CC(C)(C)Oc1ccc(C(=O)NS(=O)(=O)C(F)(F)F)cc1. The molecule has 1 amide bonds. The molecule has 118 valence electrons. The molecule has 1 N–H and O–H groups in total. The van der Waals surface area contributed by atoms with E-state index in [1.807, 2.05) is 0 Å². The topological polar surface area (TPSA) is 72.5 Å². The van der Waals surface area contributed by atoms with Crippen molar-refractivity contribution in [1.82, 2.24) is 4.72 Å². The second-order valence-electron chi connectivity index (χ2n) is 5.12. The van der Waals surface area contributed by atoms with Gasteiger partial charge in [-0.3, -0.25) is 4.79 Å². The summed E-state index contributed by atoms with van der Waals surface area (Å²) in [4.78, 5) is 11.5. The Bertz CT molecular complexity index is 615. The highest BCUT2D eigenvalue weighted by molar-refractivity contribution is 7.90. The number of hydrogen-bond acceptors (Lipinski definition) is 4. The molecule has 0 aliphatic carbocycles. The Balaban J connectivity index is 2.86. The minimum absolute atomic E-state index is 0.232. The van der Waals surface area contributed by atoms with Gasteiger partial charge in [0.25, 0.3) is 5.91 Å². The van der Waals surface area contributed by atoms with Gasteiger partial charge in [0.2, 0.25) is 0 Å². The Hall–Kier alpha value is -1.77. The number of sulfonamides is 1. The van der Waals surface area contributed by atoms with Gasteiger partial charge in [0, 0.05) is 5.56 Å². The van der Waals surface area contributed by atoms with E-state index < -0.39 is 27.0 Å². The second-order valence-corrected chi connectivity index (χ2v) is 6.79. The van der Waals surface area contributed by atoms with Gasteiger partial charge in [-0.15, -0.1) is 0 Å². The number of ether oxygens (including phenoxy) is 1. The maximum Gasteiger partial charge on any atom is 0.516 e. The molecule has 0 aliphatic rings. The lowest BCUT2D eigenvalue weighted by atomic mass is 10.1. The summed E-state index contributed by atoms with van der Waals surface area (Å²) >= 11 is 0. The third kappa shape index (κ3) is 4.92. The van der Waals surface area contributed by atoms with E-state index in [-0.39, 0.29) is 5.56 Å². The molecule has 0 radical (unpaired) electrons. The Morgan fingerprint density at radius 1 is 1.10 bits per heavy atom. The zero-order chi connectivity index (χ0) is 16.5. The minimum atomic E-state index is -5.71. The summed E-state index contributed by atoms with van der Waals surface area (Å²) in [6.07, 6.45) is 0. The molecule has 1 aromatic carbocycles. The zero-order valence-corrected chi connectivity index (χ0v) is 12.3. The number of alkyl halides is 3. The van der Waals surface area contributed by atoms with Crippen molar-refractivity contribution in [1.29, 1.82) is 0 Å². The molecule has 0 fully saturated rings. The summed E-state index contributed by atoms with van der Waals surface area (Å²) in [5.74, 6) is -0.965. The van der Waals surface area contributed by atoms with Crippen molar-refractivity contribution >= 4 is 15.9 Å². The van der Waals surface area contributed by atoms with Crippen LogP contribution in [0.3, 0.4) is 0 Å². The van der Waals surface area contributed by atoms with E-state index in [0.29, 0.717) is 5.75 Å². The van der Waals surface area contributed by atoms with Crippen molar-refractivity contribution in [3.05, 3.63) is 29.8 Å². The van der Waals surface area contributed by atoms with Gasteiger partial charge in [0.05, 0.1) is 0 Å². The first-order valence-electron chi connectivity index (χ1n) is 5.74. The number of hydrogen-bond donors (Lipinski definition) is 1. The number of carbonyl (C=O) groups excluding carboxylic acids is 1. The van der Waals surface area contributed by atoms with Crippen LogP contribution in [0.15, 0.2) is 24.3 Å². The molecular weight excluding hydrogens is 311 g/mol. The van der Waals surface area contributed by atoms with Gasteiger partial charge in [0.15, 0.2) is 0 Å². The van der Waals surface area contributed by atoms with E-state index in [1.165, 1.54) is 24.3 Å². The Morgan fingerprint density at radius 2 is 1.57 bits per heavy atom.